The number of rotatable bonds is 13. The summed E-state index contributed by atoms with van der Waals surface area (Å²) in [6.07, 6.45) is 2.04. The lowest BCUT2D eigenvalue weighted by Crippen LogP contribution is -2.29. The molecule has 0 spiro atoms. The summed E-state index contributed by atoms with van der Waals surface area (Å²) in [5, 5.41) is 9.52. The minimum atomic E-state index is -3.17. The number of hydrogen-bond acceptors (Lipinski definition) is 9. The van der Waals surface area contributed by atoms with Crippen LogP contribution in [0.15, 0.2) is 66.3 Å². The fourth-order valence-electron chi connectivity index (χ4n) is 4.58. The molecule has 2 N–H and O–H groups in total. The molecule has 0 fully saturated rings. The number of nitrogens with zero attached hydrogens (tertiary/aromatic N) is 3. The van der Waals surface area contributed by atoms with Crippen LogP contribution in [0.25, 0.3) is 22.2 Å². The van der Waals surface area contributed by atoms with Crippen molar-refractivity contribution in [2.75, 3.05) is 17.6 Å². The molecule has 3 aromatic carbocycles. The molecule has 0 aliphatic heterocycles. The highest BCUT2D eigenvalue weighted by atomic mass is 35.5. The van der Waals surface area contributed by atoms with Crippen molar-refractivity contribution in [3.8, 4) is 17.0 Å². The Morgan fingerprint density at radius 2 is 1.89 bits per heavy atom. The van der Waals surface area contributed by atoms with Crippen LogP contribution in [0.2, 0.25) is 5.02 Å². The zero-order chi connectivity index (χ0) is 32.1. The van der Waals surface area contributed by atoms with Crippen LogP contribution in [0.1, 0.15) is 43.8 Å². The summed E-state index contributed by atoms with van der Waals surface area (Å²) in [5.74, 6) is 0.0941. The quantitative estimate of drug-likeness (QED) is 0.130. The van der Waals surface area contributed by atoms with Gasteiger partial charge in [-0.05, 0) is 62.2 Å². The standard InChI is InChI=1S/C32H32ClF2N5O3S2/c1-4-27(36-10-11-45(41,42)19(2)3)32-40-29(17-44-32)23-14-24-28(15-26(23)35)37-18-38-31(24)39-22-8-9-30(25(33)13-22)43-16-20-6-5-7-21(34)12-20/h5-9,12-15,17-19,27,36H,4,10-11,16H2,1-3H3,(H,37,38,39). The lowest BCUT2D eigenvalue weighted by atomic mass is 10.1. The molecular formula is C32H32ClF2N5O3S2. The van der Waals surface area contributed by atoms with Crippen molar-refractivity contribution in [3.05, 3.63) is 93.5 Å². The van der Waals surface area contributed by atoms with E-state index in [1.54, 1.807) is 55.6 Å². The maximum atomic E-state index is 15.3. The van der Waals surface area contributed by atoms with Gasteiger partial charge in [0.1, 0.15) is 41.1 Å². The molecule has 1 atom stereocenters. The van der Waals surface area contributed by atoms with Crippen LogP contribution in [-0.4, -0.2) is 40.9 Å². The number of hydrogen-bond donors (Lipinski definition) is 2. The molecule has 5 aromatic rings. The minimum absolute atomic E-state index is 0.0321. The fraction of sp³-hybridized carbons (Fsp3) is 0.281. The predicted octanol–water partition coefficient (Wildman–Crippen LogP) is 7.87. The molecule has 2 aromatic heterocycles. The van der Waals surface area contributed by atoms with E-state index < -0.39 is 20.9 Å². The van der Waals surface area contributed by atoms with Gasteiger partial charge in [0.15, 0.2) is 9.84 Å². The first-order valence-electron chi connectivity index (χ1n) is 14.3. The predicted molar refractivity (Wildman–Crippen MR) is 176 cm³/mol. The van der Waals surface area contributed by atoms with Gasteiger partial charge in [-0.1, -0.05) is 30.7 Å². The molecule has 0 saturated carbocycles. The van der Waals surface area contributed by atoms with Gasteiger partial charge in [-0.2, -0.15) is 0 Å². The largest absolute Gasteiger partial charge is 0.487 e. The van der Waals surface area contributed by atoms with Crippen molar-refractivity contribution < 1.29 is 21.9 Å². The van der Waals surface area contributed by atoms with E-state index in [9.17, 15) is 12.8 Å². The van der Waals surface area contributed by atoms with E-state index in [-0.39, 0.29) is 24.2 Å². The number of benzene rings is 3. The van der Waals surface area contributed by atoms with Gasteiger partial charge >= 0.3 is 0 Å². The van der Waals surface area contributed by atoms with Crippen LogP contribution in [0.3, 0.4) is 0 Å². The third-order valence-electron chi connectivity index (χ3n) is 7.20. The molecular weight excluding hydrogens is 640 g/mol. The van der Waals surface area contributed by atoms with E-state index in [2.05, 4.69) is 20.6 Å². The van der Waals surface area contributed by atoms with Crippen molar-refractivity contribution in [2.45, 2.75) is 45.1 Å². The topological polar surface area (TPSA) is 106 Å². The molecule has 0 saturated heterocycles. The van der Waals surface area contributed by atoms with E-state index >= 15 is 4.39 Å². The Kier molecular flexibility index (Phi) is 10.3. The number of thiazole rings is 1. The molecule has 13 heteroatoms. The number of sulfone groups is 1. The van der Waals surface area contributed by atoms with E-state index in [0.29, 0.717) is 63.0 Å². The number of halogens is 3. The number of anilines is 2. The molecule has 0 aliphatic rings. The molecule has 8 nitrogen and oxygen atoms in total. The van der Waals surface area contributed by atoms with Crippen molar-refractivity contribution >= 4 is 55.2 Å². The summed E-state index contributed by atoms with van der Waals surface area (Å²) in [4.78, 5) is 13.3. The molecule has 0 bridgehead atoms. The van der Waals surface area contributed by atoms with E-state index in [0.717, 1.165) is 5.01 Å². The van der Waals surface area contributed by atoms with Gasteiger partial charge in [0.25, 0.3) is 0 Å². The van der Waals surface area contributed by atoms with Crippen molar-refractivity contribution in [3.63, 3.8) is 0 Å². The lowest BCUT2D eigenvalue weighted by Gasteiger charge is -2.15. The number of aromatic nitrogens is 3. The van der Waals surface area contributed by atoms with Crippen LogP contribution in [0, 0.1) is 11.6 Å². The maximum Gasteiger partial charge on any atom is 0.153 e. The molecule has 1 unspecified atom stereocenters. The zero-order valence-corrected chi connectivity index (χ0v) is 27.2. The Bertz CT molecular complexity index is 1920. The first-order chi connectivity index (χ1) is 21.5. The monoisotopic (exact) mass is 671 g/mol. The van der Waals surface area contributed by atoms with Crippen LogP contribution in [0.4, 0.5) is 20.3 Å². The average molecular weight is 672 g/mol. The van der Waals surface area contributed by atoms with Gasteiger partial charge in [-0.25, -0.2) is 32.2 Å². The first-order valence-corrected chi connectivity index (χ1v) is 17.3. The summed E-state index contributed by atoms with van der Waals surface area (Å²) in [7, 11) is -3.17. The van der Waals surface area contributed by atoms with Gasteiger partial charge in [0, 0.05) is 34.6 Å². The SMILES string of the molecule is CCC(NCCS(=O)(=O)C(C)C)c1nc(-c2cc3c(Nc4ccc(OCc5cccc(F)c5)c(Cl)c4)ncnc3cc2F)cs1. The first kappa shape index (κ1) is 32.7. The van der Waals surface area contributed by atoms with Crippen molar-refractivity contribution in [1.29, 1.82) is 0 Å². The molecule has 236 valence electrons. The number of ether oxygens (including phenoxy) is 1. The van der Waals surface area contributed by atoms with E-state index in [4.69, 9.17) is 21.3 Å². The van der Waals surface area contributed by atoms with Gasteiger partial charge in [0.05, 0.1) is 33.3 Å². The van der Waals surface area contributed by atoms with Crippen molar-refractivity contribution in [2.24, 2.45) is 0 Å². The third kappa shape index (κ3) is 7.93. The second-order valence-electron chi connectivity index (χ2n) is 10.7. The molecule has 0 amide bonds. The lowest BCUT2D eigenvalue weighted by molar-refractivity contribution is 0.306. The Morgan fingerprint density at radius 1 is 1.07 bits per heavy atom. The third-order valence-corrected chi connectivity index (χ3v) is 10.7. The second-order valence-corrected chi connectivity index (χ2v) is 14.6. The van der Waals surface area contributed by atoms with Crippen LogP contribution >= 0.6 is 22.9 Å². The van der Waals surface area contributed by atoms with Gasteiger partial charge in [-0.15, -0.1) is 11.3 Å². The zero-order valence-electron chi connectivity index (χ0n) is 24.9. The molecule has 0 radical (unpaired) electrons. The molecule has 0 aliphatic carbocycles. The van der Waals surface area contributed by atoms with Gasteiger partial charge in [0.2, 0.25) is 0 Å². The molecule has 45 heavy (non-hydrogen) atoms. The summed E-state index contributed by atoms with van der Waals surface area (Å²) >= 11 is 7.87. The Morgan fingerprint density at radius 3 is 2.62 bits per heavy atom. The smallest absolute Gasteiger partial charge is 0.153 e. The maximum absolute atomic E-state index is 15.3. The highest BCUT2D eigenvalue weighted by molar-refractivity contribution is 7.92. The van der Waals surface area contributed by atoms with Crippen LogP contribution < -0.4 is 15.4 Å². The van der Waals surface area contributed by atoms with Gasteiger partial charge in [-0.3, -0.25) is 0 Å². The Hall–Kier alpha value is -3.71. The normalized spacial score (nSPS) is 12.5. The van der Waals surface area contributed by atoms with Crippen molar-refractivity contribution in [1.82, 2.24) is 20.3 Å². The second kappa shape index (κ2) is 14.2. The minimum Gasteiger partial charge on any atom is -0.487 e. The van der Waals surface area contributed by atoms with Gasteiger partial charge < -0.3 is 15.4 Å². The summed E-state index contributed by atoms with van der Waals surface area (Å²) in [5.41, 5.74) is 2.46. The van der Waals surface area contributed by atoms with Crippen LogP contribution in [0.5, 0.6) is 5.75 Å². The van der Waals surface area contributed by atoms with E-state index in [1.165, 1.54) is 35.9 Å². The Balaban J connectivity index is 1.34. The molecule has 2 heterocycles. The summed E-state index contributed by atoms with van der Waals surface area (Å²) in [6.45, 7) is 5.78. The van der Waals surface area contributed by atoms with Crippen LogP contribution in [-0.2, 0) is 16.4 Å². The fourth-order valence-corrected chi connectivity index (χ4v) is 6.67. The summed E-state index contributed by atoms with van der Waals surface area (Å²) in [6, 6.07) is 14.1. The highest BCUT2D eigenvalue weighted by Gasteiger charge is 2.20. The summed E-state index contributed by atoms with van der Waals surface area (Å²) < 4.78 is 59.0. The van der Waals surface area contributed by atoms with E-state index in [1.807, 2.05) is 6.92 Å². The number of nitrogens with one attached hydrogen (secondary N) is 2. The Labute approximate surface area is 269 Å². The molecule has 5 rings (SSSR count). The highest BCUT2D eigenvalue weighted by Crippen LogP contribution is 2.35. The number of fused-ring (bicyclic) bond motifs is 1. The average Bonchev–Trinajstić information content (AvgIpc) is 3.48.